The van der Waals surface area contributed by atoms with Gasteiger partial charge in [0.25, 0.3) is 5.56 Å². The molecule has 5 rings (SSSR count). The molecule has 2 heterocycles. The quantitative estimate of drug-likeness (QED) is 0.270. The molecule has 204 valence electrons. The fraction of sp³-hybridized carbons (Fsp3) is 0.200. The van der Waals surface area contributed by atoms with E-state index in [2.05, 4.69) is 27.5 Å². The summed E-state index contributed by atoms with van der Waals surface area (Å²) < 4.78 is 19.2. The summed E-state index contributed by atoms with van der Waals surface area (Å²) in [5, 5.41) is 9.81. The van der Waals surface area contributed by atoms with Crippen molar-refractivity contribution in [3.8, 4) is 17.2 Å². The number of nitrogens with zero attached hydrogens (tertiary/aromatic N) is 4. The molecule has 0 unspecified atom stereocenters. The molecule has 2 aromatic heterocycles. The van der Waals surface area contributed by atoms with Crippen LogP contribution >= 0.6 is 0 Å². The van der Waals surface area contributed by atoms with E-state index in [-0.39, 0.29) is 11.5 Å². The van der Waals surface area contributed by atoms with Gasteiger partial charge in [0.2, 0.25) is 11.7 Å². The molecule has 0 aliphatic carbocycles. The maximum Gasteiger partial charge on any atom is 0.264 e. The van der Waals surface area contributed by atoms with Gasteiger partial charge < -0.3 is 19.5 Å². The van der Waals surface area contributed by atoms with Crippen molar-refractivity contribution in [2.75, 3.05) is 27.9 Å². The normalized spacial score (nSPS) is 11.3. The molecule has 1 amide bonds. The predicted octanol–water partition coefficient (Wildman–Crippen LogP) is 3.65. The summed E-state index contributed by atoms with van der Waals surface area (Å²) >= 11 is 0. The van der Waals surface area contributed by atoms with Crippen molar-refractivity contribution < 1.29 is 19.0 Å². The van der Waals surface area contributed by atoms with Crippen LogP contribution in [0.25, 0.3) is 27.9 Å². The van der Waals surface area contributed by atoms with E-state index in [0.29, 0.717) is 53.5 Å². The maximum atomic E-state index is 13.2. The van der Waals surface area contributed by atoms with Gasteiger partial charge in [-0.15, -0.1) is 0 Å². The Labute approximate surface area is 230 Å². The number of hydrogen-bond acceptors (Lipinski definition) is 7. The summed E-state index contributed by atoms with van der Waals surface area (Å²) in [4.78, 5) is 30.1. The minimum Gasteiger partial charge on any atom is -0.493 e. The van der Waals surface area contributed by atoms with E-state index in [9.17, 15) is 9.59 Å². The van der Waals surface area contributed by atoms with Gasteiger partial charge in [-0.3, -0.25) is 14.2 Å². The molecule has 3 aromatic carbocycles. The SMILES string of the molecule is COc1cc(/C=C\C(=O)NCCn2ncc3c(=O)n(Cc4cccc5ccccc45)cnc32)cc(OC)c1OC. The second-order valence-electron chi connectivity index (χ2n) is 9.00. The van der Waals surface area contributed by atoms with E-state index in [4.69, 9.17) is 14.2 Å². The predicted molar refractivity (Wildman–Crippen MR) is 153 cm³/mol. The van der Waals surface area contributed by atoms with Crippen LogP contribution in [0.5, 0.6) is 17.2 Å². The zero-order valence-electron chi connectivity index (χ0n) is 22.5. The lowest BCUT2D eigenvalue weighted by atomic mass is 10.0. The van der Waals surface area contributed by atoms with Crippen LogP contribution in [0.4, 0.5) is 0 Å². The fourth-order valence-corrected chi connectivity index (χ4v) is 4.60. The summed E-state index contributed by atoms with van der Waals surface area (Å²) in [6, 6.07) is 17.6. The third-order valence-electron chi connectivity index (χ3n) is 6.58. The third-order valence-corrected chi connectivity index (χ3v) is 6.58. The highest BCUT2D eigenvalue weighted by molar-refractivity contribution is 5.92. The van der Waals surface area contributed by atoms with Crippen LogP contribution in [0, 0.1) is 0 Å². The topological polar surface area (TPSA) is 110 Å². The largest absolute Gasteiger partial charge is 0.493 e. The van der Waals surface area contributed by atoms with Crippen molar-refractivity contribution in [2.24, 2.45) is 0 Å². The number of amides is 1. The molecule has 0 radical (unpaired) electrons. The Bertz CT molecular complexity index is 1740. The number of hydrogen-bond donors (Lipinski definition) is 1. The molecule has 0 saturated heterocycles. The van der Waals surface area contributed by atoms with E-state index < -0.39 is 0 Å². The molecule has 0 fully saturated rings. The summed E-state index contributed by atoms with van der Waals surface area (Å²) in [6.07, 6.45) is 6.15. The molecule has 10 nitrogen and oxygen atoms in total. The second-order valence-corrected chi connectivity index (χ2v) is 9.00. The molecular formula is C30H29N5O5. The van der Waals surface area contributed by atoms with Gasteiger partial charge in [0.1, 0.15) is 11.7 Å². The number of aromatic nitrogens is 4. The average molecular weight is 540 g/mol. The lowest BCUT2D eigenvalue weighted by Crippen LogP contribution is -2.26. The molecule has 0 aliphatic rings. The van der Waals surface area contributed by atoms with Gasteiger partial charge in [0, 0.05) is 12.6 Å². The van der Waals surface area contributed by atoms with Crippen LogP contribution in [0.1, 0.15) is 11.1 Å². The molecule has 1 N–H and O–H groups in total. The summed E-state index contributed by atoms with van der Waals surface area (Å²) in [7, 11) is 4.60. The number of carbonyl (C=O) groups excluding carboxylic acids is 1. The van der Waals surface area contributed by atoms with Crippen LogP contribution in [-0.2, 0) is 17.9 Å². The molecule has 40 heavy (non-hydrogen) atoms. The van der Waals surface area contributed by atoms with Gasteiger partial charge in [0.15, 0.2) is 17.1 Å². The fourth-order valence-electron chi connectivity index (χ4n) is 4.60. The third kappa shape index (κ3) is 5.37. The first-order chi connectivity index (χ1) is 19.5. The summed E-state index contributed by atoms with van der Waals surface area (Å²) in [6.45, 7) is 1.06. The number of carbonyl (C=O) groups is 1. The van der Waals surface area contributed by atoms with Crippen LogP contribution in [0.15, 0.2) is 78.0 Å². The van der Waals surface area contributed by atoms with E-state index >= 15 is 0 Å². The highest BCUT2D eigenvalue weighted by Gasteiger charge is 2.13. The smallest absolute Gasteiger partial charge is 0.264 e. The first-order valence-electron chi connectivity index (χ1n) is 12.7. The van der Waals surface area contributed by atoms with Crippen molar-refractivity contribution in [1.29, 1.82) is 0 Å². The highest BCUT2D eigenvalue weighted by atomic mass is 16.5. The van der Waals surface area contributed by atoms with Crippen molar-refractivity contribution in [3.63, 3.8) is 0 Å². The van der Waals surface area contributed by atoms with Gasteiger partial charge in [-0.2, -0.15) is 5.10 Å². The van der Waals surface area contributed by atoms with Gasteiger partial charge >= 0.3 is 0 Å². The van der Waals surface area contributed by atoms with E-state index in [1.54, 1.807) is 33.8 Å². The zero-order valence-corrected chi connectivity index (χ0v) is 22.5. The first-order valence-corrected chi connectivity index (χ1v) is 12.7. The van der Waals surface area contributed by atoms with Crippen LogP contribution in [0.3, 0.4) is 0 Å². The molecule has 0 atom stereocenters. The monoisotopic (exact) mass is 539 g/mol. The van der Waals surface area contributed by atoms with Gasteiger partial charge in [-0.25, -0.2) is 9.67 Å². The Morgan fingerprint density at radius 1 is 0.975 bits per heavy atom. The van der Waals surface area contributed by atoms with Gasteiger partial charge in [0.05, 0.1) is 40.6 Å². The lowest BCUT2D eigenvalue weighted by molar-refractivity contribution is -0.116. The average Bonchev–Trinajstić information content (AvgIpc) is 3.40. The van der Waals surface area contributed by atoms with Crippen molar-refractivity contribution in [1.82, 2.24) is 24.6 Å². The second kappa shape index (κ2) is 11.7. The van der Waals surface area contributed by atoms with E-state index in [0.717, 1.165) is 16.3 Å². The molecule has 5 aromatic rings. The van der Waals surface area contributed by atoms with Crippen LogP contribution in [-0.4, -0.2) is 53.1 Å². The van der Waals surface area contributed by atoms with Crippen molar-refractivity contribution >= 4 is 33.8 Å². The van der Waals surface area contributed by atoms with Crippen molar-refractivity contribution in [3.05, 3.63) is 94.7 Å². The molecule has 0 bridgehead atoms. The maximum absolute atomic E-state index is 13.2. The molecule has 10 heteroatoms. The number of fused-ring (bicyclic) bond motifs is 2. The molecule has 0 aliphatic heterocycles. The lowest BCUT2D eigenvalue weighted by Gasteiger charge is -2.12. The number of benzene rings is 3. The number of nitrogens with one attached hydrogen (secondary N) is 1. The standard InChI is InChI=1S/C30H29N5O5/c1-38-25-15-20(16-26(39-2)28(25)40-3)11-12-27(36)31-13-14-35-29-24(17-33-35)30(37)34(19-32-29)18-22-9-6-8-21-7-4-5-10-23(21)22/h4-12,15-17,19H,13-14,18H2,1-3H3,(H,31,36)/b12-11-. The van der Waals surface area contributed by atoms with Gasteiger partial charge in [-0.05, 0) is 40.1 Å². The van der Waals surface area contributed by atoms with Crippen LogP contribution < -0.4 is 25.1 Å². The summed E-state index contributed by atoms with van der Waals surface area (Å²) in [5.74, 6) is 1.19. The molecule has 0 spiro atoms. The Kier molecular flexibility index (Phi) is 7.77. The minimum absolute atomic E-state index is 0.165. The Morgan fingerprint density at radius 2 is 1.73 bits per heavy atom. The summed E-state index contributed by atoms with van der Waals surface area (Å²) in [5.41, 5.74) is 2.06. The number of ether oxygens (including phenoxy) is 3. The van der Waals surface area contributed by atoms with E-state index in [1.165, 1.54) is 33.6 Å². The van der Waals surface area contributed by atoms with E-state index in [1.807, 2.05) is 30.3 Å². The van der Waals surface area contributed by atoms with Crippen molar-refractivity contribution in [2.45, 2.75) is 13.1 Å². The van der Waals surface area contributed by atoms with Gasteiger partial charge in [-0.1, -0.05) is 42.5 Å². The van der Waals surface area contributed by atoms with Crippen LogP contribution in [0.2, 0.25) is 0 Å². The molecule has 0 saturated carbocycles. The minimum atomic E-state index is -0.282. The Morgan fingerprint density at radius 3 is 2.48 bits per heavy atom. The number of methoxy groups -OCH3 is 3. The molecular weight excluding hydrogens is 510 g/mol. The Hall–Kier alpha value is -5.12. The zero-order chi connectivity index (χ0) is 28.1. The Balaban J connectivity index is 1.24. The number of rotatable bonds is 10. The first kappa shape index (κ1) is 26.5. The highest BCUT2D eigenvalue weighted by Crippen LogP contribution is 2.38.